The molecule has 7 aromatic rings. The zero-order valence-corrected chi connectivity index (χ0v) is 31.9. The molecule has 284 valence electrons. The maximum absolute atomic E-state index is 14.6. The Hall–Kier alpha value is -7.08. The van der Waals surface area contributed by atoms with Crippen LogP contribution in [-0.4, -0.2) is 62.4 Å². The lowest BCUT2D eigenvalue weighted by molar-refractivity contribution is 0.0695. The molecule has 0 aliphatic carbocycles. The van der Waals surface area contributed by atoms with Gasteiger partial charge in [-0.3, -0.25) is 9.59 Å². The van der Waals surface area contributed by atoms with E-state index < -0.39 is 23.8 Å². The van der Waals surface area contributed by atoms with Crippen LogP contribution in [0, 0.1) is 27.7 Å². The summed E-state index contributed by atoms with van der Waals surface area (Å²) in [7, 11) is 5.55. The highest BCUT2D eigenvalue weighted by molar-refractivity contribution is 6.43. The summed E-state index contributed by atoms with van der Waals surface area (Å²) in [6.07, 6.45) is 0. The molecule has 12 nitrogen and oxygen atoms in total. The van der Waals surface area contributed by atoms with Gasteiger partial charge in [0.2, 0.25) is 0 Å². The van der Waals surface area contributed by atoms with Crippen molar-refractivity contribution in [3.8, 4) is 23.0 Å². The predicted octanol–water partition coefficient (Wildman–Crippen LogP) is 8.91. The highest BCUT2D eigenvalue weighted by atomic mass is 16.5. The lowest BCUT2D eigenvalue weighted by Gasteiger charge is -2.25. The molecule has 4 N–H and O–H groups in total. The van der Waals surface area contributed by atoms with Crippen LogP contribution in [0.5, 0.6) is 23.0 Å². The Balaban J connectivity index is 1.74. The third-order valence-corrected chi connectivity index (χ3v) is 9.95. The molecule has 0 aliphatic heterocycles. The summed E-state index contributed by atoms with van der Waals surface area (Å²) in [5.41, 5.74) is 4.29. The predicted molar refractivity (Wildman–Crippen MR) is 216 cm³/mol. The number of aryl methyl sites for hydroxylation is 4. The molecule has 0 radical (unpaired) electrons. The van der Waals surface area contributed by atoms with Gasteiger partial charge < -0.3 is 39.8 Å². The van der Waals surface area contributed by atoms with Crippen LogP contribution in [0.25, 0.3) is 43.1 Å². The van der Waals surface area contributed by atoms with Gasteiger partial charge in [-0.25, -0.2) is 9.59 Å². The van der Waals surface area contributed by atoms with Crippen LogP contribution in [0.2, 0.25) is 0 Å². The van der Waals surface area contributed by atoms with E-state index in [4.69, 9.17) is 18.9 Å². The number of methoxy groups -OCH3 is 4. The molecule has 12 heteroatoms. The van der Waals surface area contributed by atoms with Crippen LogP contribution in [-0.2, 0) is 0 Å². The summed E-state index contributed by atoms with van der Waals surface area (Å²) in [6, 6.07) is 16.8. The van der Waals surface area contributed by atoms with E-state index in [1.165, 1.54) is 52.7 Å². The first-order valence-electron chi connectivity index (χ1n) is 17.5. The fourth-order valence-corrected chi connectivity index (χ4v) is 8.00. The molecule has 0 fully saturated rings. The van der Waals surface area contributed by atoms with Crippen LogP contribution >= 0.6 is 0 Å². The topological polar surface area (TPSA) is 170 Å². The highest BCUT2D eigenvalue weighted by Gasteiger charge is 2.33. The van der Waals surface area contributed by atoms with Crippen LogP contribution in [0.1, 0.15) is 63.7 Å². The molecular formula is C44H38N2O10. The summed E-state index contributed by atoms with van der Waals surface area (Å²) in [5, 5.41) is 28.7. The van der Waals surface area contributed by atoms with Gasteiger partial charge in [-0.15, -0.1) is 0 Å². The van der Waals surface area contributed by atoms with Crippen molar-refractivity contribution in [2.75, 3.05) is 39.1 Å². The van der Waals surface area contributed by atoms with Gasteiger partial charge in [0, 0.05) is 54.5 Å². The molecule has 7 rings (SSSR count). The van der Waals surface area contributed by atoms with E-state index >= 15 is 0 Å². The molecule has 0 unspecified atom stereocenters. The number of anilines is 2. The van der Waals surface area contributed by atoms with Crippen molar-refractivity contribution in [1.29, 1.82) is 0 Å². The van der Waals surface area contributed by atoms with Gasteiger partial charge in [0.15, 0.2) is 0 Å². The Morgan fingerprint density at radius 1 is 0.393 bits per heavy atom. The Morgan fingerprint density at radius 3 is 0.929 bits per heavy atom. The monoisotopic (exact) mass is 754 g/mol. The summed E-state index contributed by atoms with van der Waals surface area (Å²) in [6.45, 7) is 7.67. The molecule has 0 saturated heterocycles. The molecule has 0 saturated carbocycles. The second kappa shape index (κ2) is 14.0. The van der Waals surface area contributed by atoms with Gasteiger partial charge in [0.1, 0.15) is 23.0 Å². The lowest BCUT2D eigenvalue weighted by Crippen LogP contribution is -2.18. The van der Waals surface area contributed by atoms with E-state index in [9.17, 15) is 29.4 Å². The molecule has 0 atom stereocenters. The Labute approximate surface area is 320 Å². The number of hydrogen-bond acceptors (Lipinski definition) is 8. The van der Waals surface area contributed by atoms with Gasteiger partial charge in [-0.1, -0.05) is 12.1 Å². The van der Waals surface area contributed by atoms with Gasteiger partial charge in [-0.05, 0) is 98.5 Å². The van der Waals surface area contributed by atoms with Crippen molar-refractivity contribution in [3.05, 3.63) is 105 Å². The van der Waals surface area contributed by atoms with Crippen molar-refractivity contribution in [2.45, 2.75) is 27.7 Å². The first-order chi connectivity index (χ1) is 26.7. The number of carboxylic acids is 2. The average molecular weight is 755 g/mol. The minimum atomic E-state index is -1.39. The van der Waals surface area contributed by atoms with Crippen molar-refractivity contribution < 1.29 is 48.3 Å². The fraction of sp³-hybridized carbons (Fsp3) is 0.182. The SMILES string of the molecule is COc1cc(C(=O)O)c2c(C(=O)O)cc(OC)c3c4c(OC)cc(C(=O)Nc5cc(C)cc(C)c5)c5c(C(=O)Nc6cc(C)cc(C)c6)cc(OC)c(c1c23)c54. The molecule has 0 aliphatic rings. The summed E-state index contributed by atoms with van der Waals surface area (Å²) >= 11 is 0. The number of fused-ring (bicyclic) bond motifs is 2. The van der Waals surface area contributed by atoms with E-state index in [1.54, 1.807) is 0 Å². The fourth-order valence-electron chi connectivity index (χ4n) is 8.00. The summed E-state index contributed by atoms with van der Waals surface area (Å²) in [5.74, 6) is -3.41. The van der Waals surface area contributed by atoms with Crippen molar-refractivity contribution in [2.24, 2.45) is 0 Å². The third kappa shape index (κ3) is 5.95. The van der Waals surface area contributed by atoms with E-state index in [-0.39, 0.29) is 72.2 Å². The number of carbonyl (C=O) groups excluding carboxylic acids is 2. The Kier molecular flexibility index (Phi) is 9.29. The van der Waals surface area contributed by atoms with E-state index in [0.717, 1.165) is 22.3 Å². The number of carbonyl (C=O) groups is 4. The quantitative estimate of drug-likeness (QED) is 0.0781. The van der Waals surface area contributed by atoms with Crippen LogP contribution in [0.15, 0.2) is 60.7 Å². The first kappa shape index (κ1) is 37.2. The molecule has 0 bridgehead atoms. The molecular weight excluding hydrogens is 716 g/mol. The van der Waals surface area contributed by atoms with E-state index in [2.05, 4.69) is 10.6 Å². The normalized spacial score (nSPS) is 11.3. The number of rotatable bonds is 10. The number of benzene rings is 7. The maximum atomic E-state index is 14.6. The number of nitrogens with one attached hydrogen (secondary N) is 2. The maximum Gasteiger partial charge on any atom is 0.336 e. The Morgan fingerprint density at radius 2 is 0.661 bits per heavy atom. The van der Waals surface area contributed by atoms with Crippen LogP contribution < -0.4 is 29.6 Å². The lowest BCUT2D eigenvalue weighted by atomic mass is 9.82. The minimum absolute atomic E-state index is 0.0717. The van der Waals surface area contributed by atoms with Gasteiger partial charge >= 0.3 is 11.9 Å². The smallest absolute Gasteiger partial charge is 0.336 e. The molecule has 0 aromatic heterocycles. The standard InChI is InChI=1S/C44H38N2O10/c1-19-9-20(2)12-23(11-19)45-41(47)25-15-29(53-5)35-37-31(55-7)17-27(43(49)50)34-28(44(51)52)18-32(56-8)38(40(34)37)36-30(54-6)16-26(33(25)39(35)36)42(48)46-24-13-21(3)10-22(4)14-24/h9-18H,1-8H3,(H,45,47)(H,46,48)(H,49,50)(H,51,52). The van der Waals surface area contributed by atoms with E-state index in [1.807, 2.05) is 64.1 Å². The number of amides is 2. The van der Waals surface area contributed by atoms with Crippen LogP contribution in [0.4, 0.5) is 11.4 Å². The number of aromatic carboxylic acids is 2. The van der Waals surface area contributed by atoms with Crippen molar-refractivity contribution in [3.63, 3.8) is 0 Å². The largest absolute Gasteiger partial charge is 0.496 e. The first-order valence-corrected chi connectivity index (χ1v) is 17.5. The third-order valence-electron chi connectivity index (χ3n) is 9.95. The molecule has 7 aromatic carbocycles. The second-order valence-corrected chi connectivity index (χ2v) is 13.8. The zero-order valence-electron chi connectivity index (χ0n) is 31.9. The summed E-state index contributed by atoms with van der Waals surface area (Å²) < 4.78 is 23.8. The highest BCUT2D eigenvalue weighted by Crippen LogP contribution is 2.55. The van der Waals surface area contributed by atoms with Crippen molar-refractivity contribution >= 4 is 78.2 Å². The second-order valence-electron chi connectivity index (χ2n) is 13.8. The number of hydrogen-bond donors (Lipinski definition) is 4. The van der Waals surface area contributed by atoms with Crippen molar-refractivity contribution in [1.82, 2.24) is 0 Å². The Bertz CT molecular complexity index is 2620. The van der Waals surface area contributed by atoms with E-state index in [0.29, 0.717) is 27.5 Å². The summed E-state index contributed by atoms with van der Waals surface area (Å²) in [4.78, 5) is 54.9. The van der Waals surface area contributed by atoms with Crippen LogP contribution in [0.3, 0.4) is 0 Å². The number of ether oxygens (including phenoxy) is 4. The van der Waals surface area contributed by atoms with Gasteiger partial charge in [0.05, 0.1) is 50.7 Å². The zero-order chi connectivity index (χ0) is 40.3. The number of carboxylic acid groups (broad SMARTS) is 2. The van der Waals surface area contributed by atoms with Gasteiger partial charge in [0.25, 0.3) is 11.8 Å². The molecule has 2 amide bonds. The molecule has 56 heavy (non-hydrogen) atoms. The minimum Gasteiger partial charge on any atom is -0.496 e. The average Bonchev–Trinajstić information content (AvgIpc) is 3.14. The molecule has 0 spiro atoms. The van der Waals surface area contributed by atoms with Gasteiger partial charge in [-0.2, -0.15) is 0 Å². The molecule has 0 heterocycles.